The van der Waals surface area contributed by atoms with Gasteiger partial charge in [-0.1, -0.05) is 0 Å². The van der Waals surface area contributed by atoms with Crippen molar-refractivity contribution in [2.45, 2.75) is 13.3 Å². The molecule has 0 bridgehead atoms. The number of thiophene rings is 1. The van der Waals surface area contributed by atoms with Crippen molar-refractivity contribution < 1.29 is 0 Å². The van der Waals surface area contributed by atoms with E-state index in [4.69, 9.17) is 0 Å². The second kappa shape index (κ2) is 8.58. The van der Waals surface area contributed by atoms with Crippen LogP contribution in [0.3, 0.4) is 0 Å². The van der Waals surface area contributed by atoms with Crippen LogP contribution in [0.5, 0.6) is 0 Å². The molecule has 0 aliphatic heterocycles. The average molecular weight is 422 g/mol. The first-order chi connectivity index (χ1) is 9.22. The Bertz CT molecular complexity index is 562. The Kier molecular flexibility index (Phi) is 7.46. The molecule has 2 heterocycles. The molecule has 0 saturated heterocycles. The molecule has 2 aromatic rings. The van der Waals surface area contributed by atoms with Gasteiger partial charge in [-0.15, -0.1) is 46.7 Å². The second-order valence-electron chi connectivity index (χ2n) is 4.02. The molecule has 0 saturated carbocycles. The van der Waals surface area contributed by atoms with Crippen LogP contribution in [-0.2, 0) is 6.42 Å². The van der Waals surface area contributed by atoms with Crippen molar-refractivity contribution in [2.24, 2.45) is 4.99 Å². The molecular formula is C13H19IN4S2. The second-order valence-corrected chi connectivity index (χ2v) is 6.25. The smallest absolute Gasteiger partial charge is 0.190 e. The first kappa shape index (κ1) is 17.4. The van der Waals surface area contributed by atoms with Crippen LogP contribution in [-0.4, -0.2) is 31.6 Å². The maximum absolute atomic E-state index is 4.51. The number of guanidine groups is 1. The van der Waals surface area contributed by atoms with Crippen LogP contribution in [0.2, 0.25) is 0 Å². The van der Waals surface area contributed by atoms with Crippen LogP contribution >= 0.6 is 46.7 Å². The van der Waals surface area contributed by atoms with Gasteiger partial charge in [0, 0.05) is 30.9 Å². The minimum absolute atomic E-state index is 0. The molecule has 2 aromatic heterocycles. The zero-order valence-corrected chi connectivity index (χ0v) is 15.7. The summed E-state index contributed by atoms with van der Waals surface area (Å²) >= 11 is 3.51. The molecule has 0 unspecified atom stereocenters. The van der Waals surface area contributed by atoms with E-state index >= 15 is 0 Å². The third kappa shape index (κ3) is 4.71. The molecule has 0 atom stereocenters. The summed E-state index contributed by atoms with van der Waals surface area (Å²) in [6.07, 6.45) is 0.995. The highest BCUT2D eigenvalue weighted by molar-refractivity contribution is 14.0. The lowest BCUT2D eigenvalue weighted by atomic mass is 10.3. The van der Waals surface area contributed by atoms with E-state index in [-0.39, 0.29) is 24.0 Å². The van der Waals surface area contributed by atoms with E-state index in [1.165, 1.54) is 9.75 Å². The predicted octanol–water partition coefficient (Wildman–Crippen LogP) is 3.14. The molecule has 0 aliphatic carbocycles. The number of thiazole rings is 1. The molecular weight excluding hydrogens is 403 g/mol. The molecule has 2 N–H and O–H groups in total. The van der Waals surface area contributed by atoms with Crippen LogP contribution in [0.1, 0.15) is 9.88 Å². The van der Waals surface area contributed by atoms with Crippen LogP contribution in [0.15, 0.2) is 22.5 Å². The highest BCUT2D eigenvalue weighted by Crippen LogP contribution is 2.29. The summed E-state index contributed by atoms with van der Waals surface area (Å²) in [7, 11) is 3.63. The lowest BCUT2D eigenvalue weighted by molar-refractivity contribution is 0.842. The maximum atomic E-state index is 4.51. The van der Waals surface area contributed by atoms with Gasteiger partial charge >= 0.3 is 0 Å². The first-order valence-corrected chi connectivity index (χ1v) is 7.82. The SMILES string of the molecule is CN=C(NC)NCCc1ccc(-c2csc(C)n2)s1.I. The van der Waals surface area contributed by atoms with Crippen LogP contribution in [0, 0.1) is 6.92 Å². The van der Waals surface area contributed by atoms with Crippen LogP contribution in [0.25, 0.3) is 10.6 Å². The fourth-order valence-electron chi connectivity index (χ4n) is 1.71. The summed E-state index contributed by atoms with van der Waals surface area (Å²) in [5, 5.41) is 9.49. The molecule has 4 nitrogen and oxygen atoms in total. The Morgan fingerprint density at radius 2 is 2.20 bits per heavy atom. The number of aromatic nitrogens is 1. The first-order valence-electron chi connectivity index (χ1n) is 6.12. The third-order valence-corrected chi connectivity index (χ3v) is 4.60. The standard InChI is InChI=1S/C13H18N4S2.HI/c1-9-17-11(8-18-9)12-5-4-10(19-12)6-7-16-13(14-2)15-3;/h4-5,8H,6-7H2,1-3H3,(H2,14,15,16);1H. The predicted molar refractivity (Wildman–Crippen MR) is 99.7 cm³/mol. The van der Waals surface area contributed by atoms with Crippen LogP contribution < -0.4 is 10.6 Å². The fraction of sp³-hybridized carbons (Fsp3) is 0.385. The number of nitrogens with one attached hydrogen (secondary N) is 2. The third-order valence-electron chi connectivity index (χ3n) is 2.66. The van der Waals surface area contributed by atoms with E-state index in [1.54, 1.807) is 18.4 Å². The fourth-order valence-corrected chi connectivity index (χ4v) is 3.37. The normalized spacial score (nSPS) is 11.1. The van der Waals surface area contributed by atoms with Gasteiger partial charge in [0.1, 0.15) is 0 Å². The van der Waals surface area contributed by atoms with E-state index in [9.17, 15) is 0 Å². The largest absolute Gasteiger partial charge is 0.359 e. The van der Waals surface area contributed by atoms with Gasteiger partial charge in [-0.25, -0.2) is 4.98 Å². The Labute approximate surface area is 144 Å². The maximum Gasteiger partial charge on any atom is 0.190 e. The van der Waals surface area contributed by atoms with Gasteiger partial charge in [-0.3, -0.25) is 4.99 Å². The lowest BCUT2D eigenvalue weighted by Gasteiger charge is -2.06. The van der Waals surface area contributed by atoms with Crippen molar-refractivity contribution >= 4 is 52.6 Å². The summed E-state index contributed by atoms with van der Waals surface area (Å²) in [4.78, 5) is 11.2. The highest BCUT2D eigenvalue weighted by Gasteiger charge is 2.06. The number of hydrogen-bond donors (Lipinski definition) is 2. The van der Waals surface area contributed by atoms with Gasteiger partial charge in [0.15, 0.2) is 5.96 Å². The molecule has 0 aromatic carbocycles. The van der Waals surface area contributed by atoms with Crippen molar-refractivity contribution in [3.63, 3.8) is 0 Å². The minimum Gasteiger partial charge on any atom is -0.359 e. The number of hydrogen-bond acceptors (Lipinski definition) is 4. The molecule has 0 aliphatic rings. The molecule has 0 fully saturated rings. The monoisotopic (exact) mass is 422 g/mol. The summed E-state index contributed by atoms with van der Waals surface area (Å²) in [5.41, 5.74) is 1.10. The van der Waals surface area contributed by atoms with Crippen molar-refractivity contribution in [3.8, 4) is 10.6 Å². The quantitative estimate of drug-likeness (QED) is 0.452. The minimum atomic E-state index is 0. The van der Waals surface area contributed by atoms with Crippen molar-refractivity contribution in [2.75, 3.05) is 20.6 Å². The van der Waals surface area contributed by atoms with Gasteiger partial charge < -0.3 is 10.6 Å². The molecule has 110 valence electrons. The number of aliphatic imine (C=N–C) groups is 1. The Morgan fingerprint density at radius 3 is 2.80 bits per heavy atom. The van der Waals surface area contributed by atoms with Gasteiger partial charge in [-0.05, 0) is 25.5 Å². The molecule has 0 amide bonds. The highest BCUT2D eigenvalue weighted by atomic mass is 127. The topological polar surface area (TPSA) is 49.3 Å². The molecule has 20 heavy (non-hydrogen) atoms. The van der Waals surface area contributed by atoms with Crippen molar-refractivity contribution in [3.05, 3.63) is 27.4 Å². The Balaban J connectivity index is 0.00000200. The molecule has 7 heteroatoms. The van der Waals surface area contributed by atoms with E-state index in [2.05, 4.69) is 38.1 Å². The molecule has 0 radical (unpaired) electrons. The molecule has 2 rings (SSSR count). The van der Waals surface area contributed by atoms with Gasteiger partial charge in [0.25, 0.3) is 0 Å². The van der Waals surface area contributed by atoms with Gasteiger partial charge in [-0.2, -0.15) is 0 Å². The van der Waals surface area contributed by atoms with E-state index in [1.807, 2.05) is 25.3 Å². The Morgan fingerprint density at radius 1 is 1.40 bits per heavy atom. The van der Waals surface area contributed by atoms with Gasteiger partial charge in [0.2, 0.25) is 0 Å². The zero-order valence-electron chi connectivity index (χ0n) is 11.8. The number of nitrogens with zero attached hydrogens (tertiary/aromatic N) is 2. The van der Waals surface area contributed by atoms with Crippen molar-refractivity contribution in [1.29, 1.82) is 0 Å². The van der Waals surface area contributed by atoms with E-state index < -0.39 is 0 Å². The number of rotatable bonds is 4. The van der Waals surface area contributed by atoms with Gasteiger partial charge in [0.05, 0.1) is 15.6 Å². The zero-order chi connectivity index (χ0) is 13.7. The summed E-state index contributed by atoms with van der Waals surface area (Å²) in [6.45, 7) is 2.92. The summed E-state index contributed by atoms with van der Waals surface area (Å²) in [5.74, 6) is 0.826. The lowest BCUT2D eigenvalue weighted by Crippen LogP contribution is -2.35. The number of aryl methyl sites for hydroxylation is 1. The Hall–Kier alpha value is -0.670. The van der Waals surface area contributed by atoms with Crippen molar-refractivity contribution in [1.82, 2.24) is 15.6 Å². The van der Waals surface area contributed by atoms with E-state index in [0.717, 1.165) is 29.6 Å². The molecule has 0 spiro atoms. The van der Waals surface area contributed by atoms with E-state index in [0.29, 0.717) is 0 Å². The summed E-state index contributed by atoms with van der Waals surface area (Å²) in [6, 6.07) is 4.33. The van der Waals surface area contributed by atoms with Crippen LogP contribution in [0.4, 0.5) is 0 Å². The average Bonchev–Trinajstić information content (AvgIpc) is 3.03. The summed E-state index contributed by atoms with van der Waals surface area (Å²) < 4.78 is 0. The number of halogens is 1.